The van der Waals surface area contributed by atoms with Crippen LogP contribution in [0.2, 0.25) is 0 Å². The molecule has 1 N–H and O–H groups in total. The highest BCUT2D eigenvalue weighted by Gasteiger charge is 2.25. The number of piperidine rings is 1. The first-order chi connectivity index (χ1) is 11.7. The molecular formula is C21H23FN2. The molecule has 1 unspecified atom stereocenters. The molecule has 0 radical (unpaired) electrons. The van der Waals surface area contributed by atoms with Gasteiger partial charge in [0.1, 0.15) is 5.82 Å². The van der Waals surface area contributed by atoms with Crippen LogP contribution in [-0.4, -0.2) is 16.4 Å². The Balaban J connectivity index is 1.61. The highest BCUT2D eigenvalue weighted by atomic mass is 19.1. The fourth-order valence-electron chi connectivity index (χ4n) is 3.77. The quantitative estimate of drug-likeness (QED) is 0.689. The van der Waals surface area contributed by atoms with Crippen molar-refractivity contribution in [3.8, 4) is 0 Å². The summed E-state index contributed by atoms with van der Waals surface area (Å²) in [5.74, 6) is -0.173. The topological polar surface area (TPSA) is 19.0 Å². The molecule has 1 aliphatic rings. The molecule has 2 heterocycles. The van der Waals surface area contributed by atoms with Gasteiger partial charge in [-0.25, -0.2) is 4.39 Å². The van der Waals surface area contributed by atoms with Crippen LogP contribution in [0.5, 0.6) is 0 Å². The number of fused-ring (bicyclic) bond motifs is 1. The van der Waals surface area contributed by atoms with Crippen molar-refractivity contribution in [2.24, 2.45) is 0 Å². The fourth-order valence-corrected chi connectivity index (χ4v) is 3.77. The number of nitrogens with zero attached hydrogens (tertiary/aromatic N) is 1. The molecule has 1 aliphatic heterocycles. The number of benzene rings is 2. The zero-order chi connectivity index (χ0) is 16.5. The Kier molecular flexibility index (Phi) is 4.11. The minimum Gasteiger partial charge on any atom is -0.357 e. The minimum atomic E-state index is -0.173. The van der Waals surface area contributed by atoms with Crippen molar-refractivity contribution in [2.75, 3.05) is 6.54 Å². The Morgan fingerprint density at radius 3 is 2.75 bits per heavy atom. The smallest absolute Gasteiger partial charge is 0.123 e. The molecule has 3 heteroatoms. The molecule has 1 saturated heterocycles. The lowest BCUT2D eigenvalue weighted by molar-refractivity contribution is 0.138. The van der Waals surface area contributed by atoms with E-state index < -0.39 is 0 Å². The van der Waals surface area contributed by atoms with Crippen LogP contribution in [-0.2, 0) is 6.54 Å². The Morgan fingerprint density at radius 2 is 1.92 bits per heavy atom. The molecule has 0 aliphatic carbocycles. The van der Waals surface area contributed by atoms with Crippen LogP contribution in [0.3, 0.4) is 0 Å². The molecule has 1 aromatic heterocycles. The largest absolute Gasteiger partial charge is 0.357 e. The van der Waals surface area contributed by atoms with Crippen LogP contribution in [0.25, 0.3) is 10.9 Å². The maximum absolute atomic E-state index is 13.5. The first-order valence-corrected chi connectivity index (χ1v) is 8.77. The molecular weight excluding hydrogens is 299 g/mol. The maximum Gasteiger partial charge on any atom is 0.123 e. The average Bonchev–Trinajstić information content (AvgIpc) is 3.00. The molecule has 1 fully saturated rings. The summed E-state index contributed by atoms with van der Waals surface area (Å²) in [4.78, 5) is 6.06. The zero-order valence-corrected chi connectivity index (χ0v) is 14.1. The predicted molar refractivity (Wildman–Crippen MR) is 96.4 cm³/mol. The number of hydrogen-bond donors (Lipinski definition) is 1. The van der Waals surface area contributed by atoms with Gasteiger partial charge in [0.15, 0.2) is 0 Å². The van der Waals surface area contributed by atoms with E-state index in [1.165, 1.54) is 35.7 Å². The fraction of sp³-hybridized carbons (Fsp3) is 0.333. The number of H-pyrrole nitrogens is 1. The SMILES string of the molecule is Cc1ccc(CN2CCCCC2c2cc3cc(F)ccc3[nH]2)cc1. The summed E-state index contributed by atoms with van der Waals surface area (Å²) in [5, 5.41) is 0.964. The second-order valence-corrected chi connectivity index (χ2v) is 6.92. The molecule has 2 aromatic carbocycles. The van der Waals surface area contributed by atoms with E-state index in [1.54, 1.807) is 6.07 Å². The summed E-state index contributed by atoms with van der Waals surface area (Å²) in [6, 6.07) is 16.3. The standard InChI is InChI=1S/C21H23FN2/c1-15-5-7-16(8-6-15)14-24-11-3-2-4-21(24)20-13-17-12-18(22)9-10-19(17)23-20/h5-10,12-13,21,23H,2-4,11,14H2,1H3. The van der Waals surface area contributed by atoms with Crippen LogP contribution >= 0.6 is 0 Å². The molecule has 0 spiro atoms. The molecule has 4 rings (SSSR count). The highest BCUT2D eigenvalue weighted by Crippen LogP contribution is 2.33. The number of hydrogen-bond acceptors (Lipinski definition) is 1. The summed E-state index contributed by atoms with van der Waals surface area (Å²) in [7, 11) is 0. The molecule has 24 heavy (non-hydrogen) atoms. The van der Waals surface area contributed by atoms with Crippen molar-refractivity contribution >= 4 is 10.9 Å². The van der Waals surface area contributed by atoms with Crippen molar-refractivity contribution < 1.29 is 4.39 Å². The van der Waals surface area contributed by atoms with Gasteiger partial charge in [0.2, 0.25) is 0 Å². The summed E-state index contributed by atoms with van der Waals surface area (Å²) >= 11 is 0. The second kappa shape index (κ2) is 6.40. The summed E-state index contributed by atoms with van der Waals surface area (Å²) < 4.78 is 13.5. The van der Waals surface area contributed by atoms with E-state index in [-0.39, 0.29) is 5.82 Å². The third kappa shape index (κ3) is 3.09. The second-order valence-electron chi connectivity index (χ2n) is 6.92. The number of aryl methyl sites for hydroxylation is 1. The number of nitrogens with one attached hydrogen (secondary N) is 1. The van der Waals surface area contributed by atoms with Crippen molar-refractivity contribution in [2.45, 2.75) is 38.8 Å². The van der Waals surface area contributed by atoms with E-state index in [9.17, 15) is 4.39 Å². The van der Waals surface area contributed by atoms with Crippen molar-refractivity contribution in [3.63, 3.8) is 0 Å². The van der Waals surface area contributed by atoms with Gasteiger partial charge in [-0.2, -0.15) is 0 Å². The van der Waals surface area contributed by atoms with Crippen molar-refractivity contribution in [1.82, 2.24) is 9.88 Å². The monoisotopic (exact) mass is 322 g/mol. The van der Waals surface area contributed by atoms with E-state index in [0.29, 0.717) is 6.04 Å². The Labute approximate surface area is 142 Å². The first kappa shape index (κ1) is 15.4. The third-order valence-corrected chi connectivity index (χ3v) is 5.08. The number of rotatable bonds is 3. The Hall–Kier alpha value is -2.13. The van der Waals surface area contributed by atoms with Crippen molar-refractivity contribution in [1.29, 1.82) is 0 Å². The minimum absolute atomic E-state index is 0.173. The van der Waals surface area contributed by atoms with Gasteiger partial charge in [-0.15, -0.1) is 0 Å². The van der Waals surface area contributed by atoms with E-state index >= 15 is 0 Å². The van der Waals surface area contributed by atoms with Crippen LogP contribution in [0.15, 0.2) is 48.5 Å². The van der Waals surface area contributed by atoms with Gasteiger partial charge >= 0.3 is 0 Å². The van der Waals surface area contributed by atoms with E-state index in [0.717, 1.165) is 30.4 Å². The lowest BCUT2D eigenvalue weighted by atomic mass is 9.98. The summed E-state index contributed by atoms with van der Waals surface area (Å²) in [6.07, 6.45) is 3.65. The normalized spacial score (nSPS) is 19.0. The number of aromatic nitrogens is 1. The number of aromatic amines is 1. The predicted octanol–water partition coefficient (Wildman–Crippen LogP) is 5.34. The molecule has 0 amide bonds. The average molecular weight is 322 g/mol. The summed E-state index contributed by atoms with van der Waals surface area (Å²) in [6.45, 7) is 4.20. The van der Waals surface area contributed by atoms with Gasteiger partial charge in [-0.3, -0.25) is 4.90 Å². The van der Waals surface area contributed by atoms with Gasteiger partial charge in [0, 0.05) is 23.1 Å². The van der Waals surface area contributed by atoms with Crippen LogP contribution in [0.4, 0.5) is 4.39 Å². The van der Waals surface area contributed by atoms with Gasteiger partial charge in [-0.1, -0.05) is 36.2 Å². The molecule has 3 aromatic rings. The Bertz CT molecular complexity index is 835. The highest BCUT2D eigenvalue weighted by molar-refractivity contribution is 5.80. The number of halogens is 1. The molecule has 124 valence electrons. The molecule has 2 nitrogen and oxygen atoms in total. The van der Waals surface area contributed by atoms with Gasteiger partial charge in [0.25, 0.3) is 0 Å². The van der Waals surface area contributed by atoms with Gasteiger partial charge < -0.3 is 4.98 Å². The van der Waals surface area contributed by atoms with Crippen molar-refractivity contribution in [3.05, 3.63) is 71.2 Å². The third-order valence-electron chi connectivity index (χ3n) is 5.08. The van der Waals surface area contributed by atoms with Crippen LogP contribution in [0.1, 0.15) is 42.1 Å². The van der Waals surface area contributed by atoms with E-state index in [4.69, 9.17) is 0 Å². The molecule has 0 saturated carbocycles. The first-order valence-electron chi connectivity index (χ1n) is 8.77. The van der Waals surface area contributed by atoms with Gasteiger partial charge in [0.05, 0.1) is 6.04 Å². The Morgan fingerprint density at radius 1 is 1.08 bits per heavy atom. The molecule has 1 atom stereocenters. The zero-order valence-electron chi connectivity index (χ0n) is 14.1. The maximum atomic E-state index is 13.5. The van der Waals surface area contributed by atoms with E-state index in [1.807, 2.05) is 6.07 Å². The van der Waals surface area contributed by atoms with Crippen LogP contribution in [0, 0.1) is 12.7 Å². The lowest BCUT2D eigenvalue weighted by Crippen LogP contribution is -2.33. The van der Waals surface area contributed by atoms with E-state index in [2.05, 4.69) is 47.1 Å². The van der Waals surface area contributed by atoms with Gasteiger partial charge in [-0.05, 0) is 56.1 Å². The molecule has 0 bridgehead atoms. The summed E-state index contributed by atoms with van der Waals surface area (Å²) in [5.41, 5.74) is 4.89. The number of likely N-dealkylation sites (tertiary alicyclic amines) is 1. The lowest BCUT2D eigenvalue weighted by Gasteiger charge is -2.35. The van der Waals surface area contributed by atoms with Crippen LogP contribution < -0.4 is 0 Å².